The van der Waals surface area contributed by atoms with E-state index in [4.69, 9.17) is 10.2 Å². The largest absolute Gasteiger partial charge is 0.466 e. The van der Waals surface area contributed by atoms with E-state index in [1.807, 2.05) is 50.4 Å². The predicted octanol–water partition coefficient (Wildman–Crippen LogP) is 3.62. The summed E-state index contributed by atoms with van der Waals surface area (Å²) in [5.74, 6) is 1.04. The van der Waals surface area contributed by atoms with Crippen LogP contribution in [0.4, 0.5) is 11.4 Å². The van der Waals surface area contributed by atoms with Gasteiger partial charge in [0.2, 0.25) is 5.91 Å². The molecule has 0 aliphatic rings. The lowest BCUT2D eigenvalue weighted by Gasteiger charge is -2.16. The summed E-state index contributed by atoms with van der Waals surface area (Å²) in [6.45, 7) is 5.25. The number of nitrogen functional groups attached to an aromatic ring is 1. The number of nitrogens with zero attached hydrogens (tertiary/aromatic N) is 2. The van der Waals surface area contributed by atoms with Crippen molar-refractivity contribution >= 4 is 29.0 Å². The van der Waals surface area contributed by atoms with E-state index < -0.39 is 11.6 Å². The monoisotopic (exact) mass is 398 g/mol. The summed E-state index contributed by atoms with van der Waals surface area (Å²) in [6.07, 6.45) is 1.98. The van der Waals surface area contributed by atoms with Gasteiger partial charge < -0.3 is 15.5 Å². The molecule has 7 nitrogen and oxygen atoms in total. The molecule has 3 N–H and O–H groups in total. The van der Waals surface area contributed by atoms with Gasteiger partial charge in [0.15, 0.2) is 0 Å². The van der Waals surface area contributed by atoms with E-state index in [0.29, 0.717) is 17.1 Å². The van der Waals surface area contributed by atoms with Crippen molar-refractivity contribution in [2.24, 2.45) is 0 Å². The zero-order chi connectivity index (χ0) is 20.4. The van der Waals surface area contributed by atoms with E-state index in [9.17, 15) is 9.59 Å². The van der Waals surface area contributed by atoms with Crippen molar-refractivity contribution in [1.82, 2.24) is 9.78 Å². The van der Waals surface area contributed by atoms with Gasteiger partial charge in [-0.25, -0.2) is 4.68 Å². The number of thioether (sulfide) groups is 1. The maximum absolute atomic E-state index is 12.7. The van der Waals surface area contributed by atoms with Gasteiger partial charge in [-0.2, -0.15) is 5.10 Å². The topological polar surface area (TPSA) is 103 Å². The van der Waals surface area contributed by atoms with Crippen molar-refractivity contribution in [2.45, 2.75) is 31.7 Å². The minimum atomic E-state index is -0.844. The number of amides is 1. The maximum atomic E-state index is 12.7. The molecule has 2 aromatic heterocycles. The third-order valence-corrected chi connectivity index (χ3v) is 5.13. The lowest BCUT2D eigenvalue weighted by molar-refractivity contribution is -0.119. The molecule has 28 heavy (non-hydrogen) atoms. The van der Waals surface area contributed by atoms with Gasteiger partial charge in [0.05, 0.1) is 5.69 Å². The summed E-state index contributed by atoms with van der Waals surface area (Å²) in [5.41, 5.74) is 7.27. The van der Waals surface area contributed by atoms with Crippen molar-refractivity contribution in [1.29, 1.82) is 0 Å². The molecule has 0 radical (unpaired) electrons. The van der Waals surface area contributed by atoms with Crippen LogP contribution in [0.2, 0.25) is 0 Å². The molecule has 2 heterocycles. The zero-order valence-electron chi connectivity index (χ0n) is 16.1. The summed E-state index contributed by atoms with van der Waals surface area (Å²) in [5, 5.41) is 7.17. The van der Waals surface area contributed by atoms with Crippen molar-refractivity contribution < 1.29 is 9.21 Å². The fraction of sp³-hybridized carbons (Fsp3) is 0.250. The molecular formula is C20H22N4O3S. The summed E-state index contributed by atoms with van der Waals surface area (Å²) in [6, 6.07) is 9.94. The van der Waals surface area contributed by atoms with E-state index in [-0.39, 0.29) is 11.6 Å². The number of benzene rings is 1. The van der Waals surface area contributed by atoms with Crippen molar-refractivity contribution in [3.63, 3.8) is 0 Å². The molecule has 3 aromatic rings. The van der Waals surface area contributed by atoms with Crippen LogP contribution in [-0.2, 0) is 4.79 Å². The number of aromatic nitrogens is 2. The standard InChI is InChI=1S/C20H22N4O3S/c1-11-9-16(13(3)27-11)18-10-17(21)20(26)24(23-18)12(2)19(25)22-14-5-7-15(28-4)8-6-14/h5-10,12H,21H2,1-4H3,(H,22,25)/t12-/m0/s1. The normalized spacial score (nSPS) is 12.0. The van der Waals surface area contributed by atoms with Crippen LogP contribution in [0.3, 0.4) is 0 Å². The molecule has 0 spiro atoms. The Morgan fingerprint density at radius 1 is 1.25 bits per heavy atom. The van der Waals surface area contributed by atoms with Gasteiger partial charge in [-0.15, -0.1) is 11.8 Å². The van der Waals surface area contributed by atoms with Gasteiger partial charge in [-0.1, -0.05) is 0 Å². The lowest BCUT2D eigenvalue weighted by atomic mass is 10.1. The van der Waals surface area contributed by atoms with Crippen LogP contribution in [0.5, 0.6) is 0 Å². The number of anilines is 2. The van der Waals surface area contributed by atoms with E-state index in [1.165, 1.54) is 6.07 Å². The van der Waals surface area contributed by atoms with Crippen LogP contribution >= 0.6 is 11.8 Å². The van der Waals surface area contributed by atoms with Gasteiger partial charge in [0, 0.05) is 16.1 Å². The summed E-state index contributed by atoms with van der Waals surface area (Å²) in [4.78, 5) is 26.3. The van der Waals surface area contributed by atoms with E-state index >= 15 is 0 Å². The average Bonchev–Trinajstić information content (AvgIpc) is 3.02. The molecule has 1 aromatic carbocycles. The number of furan rings is 1. The highest BCUT2D eigenvalue weighted by molar-refractivity contribution is 7.98. The number of hydrogen-bond donors (Lipinski definition) is 2. The van der Waals surface area contributed by atoms with Gasteiger partial charge in [0.1, 0.15) is 23.2 Å². The molecule has 0 fully saturated rings. The molecule has 0 aliphatic heterocycles. The first kappa shape index (κ1) is 19.8. The molecule has 8 heteroatoms. The van der Waals surface area contributed by atoms with E-state index in [1.54, 1.807) is 18.7 Å². The highest BCUT2D eigenvalue weighted by Gasteiger charge is 2.21. The third kappa shape index (κ3) is 3.96. The van der Waals surface area contributed by atoms with Crippen LogP contribution in [-0.4, -0.2) is 21.9 Å². The summed E-state index contributed by atoms with van der Waals surface area (Å²) >= 11 is 1.62. The fourth-order valence-electron chi connectivity index (χ4n) is 2.84. The molecule has 0 aliphatic carbocycles. The number of aryl methyl sites for hydroxylation is 2. The Balaban J connectivity index is 1.91. The quantitative estimate of drug-likeness (QED) is 0.636. The predicted molar refractivity (Wildman–Crippen MR) is 112 cm³/mol. The molecule has 146 valence electrons. The van der Waals surface area contributed by atoms with Crippen molar-refractivity contribution in [3.8, 4) is 11.3 Å². The zero-order valence-corrected chi connectivity index (χ0v) is 17.0. The Kier molecular flexibility index (Phi) is 5.60. The smallest absolute Gasteiger partial charge is 0.290 e. The van der Waals surface area contributed by atoms with Crippen LogP contribution in [0.1, 0.15) is 24.5 Å². The SMILES string of the molecule is CSc1ccc(NC(=O)[C@H](C)n2nc(-c3cc(C)oc3C)cc(N)c2=O)cc1. The van der Waals surface area contributed by atoms with E-state index in [0.717, 1.165) is 20.9 Å². The molecular weight excluding hydrogens is 376 g/mol. The molecule has 0 unspecified atom stereocenters. The first-order valence-corrected chi connectivity index (χ1v) is 9.94. The van der Waals surface area contributed by atoms with Gasteiger partial charge in [-0.05, 0) is 63.4 Å². The number of hydrogen-bond acceptors (Lipinski definition) is 6. The first-order chi connectivity index (χ1) is 13.3. The summed E-state index contributed by atoms with van der Waals surface area (Å²) < 4.78 is 6.64. The Labute approximate surface area is 166 Å². The van der Waals surface area contributed by atoms with Crippen LogP contribution in [0.25, 0.3) is 11.3 Å². The fourth-order valence-corrected chi connectivity index (χ4v) is 3.25. The molecule has 0 saturated heterocycles. The highest BCUT2D eigenvalue weighted by Crippen LogP contribution is 2.25. The average molecular weight is 398 g/mol. The van der Waals surface area contributed by atoms with E-state index in [2.05, 4.69) is 10.4 Å². The molecule has 1 amide bonds. The molecule has 0 saturated carbocycles. The number of nitrogens with two attached hydrogens (primary N) is 1. The number of nitrogens with one attached hydrogen (secondary N) is 1. The van der Waals surface area contributed by atoms with Crippen molar-refractivity contribution in [2.75, 3.05) is 17.3 Å². The van der Waals surface area contributed by atoms with Gasteiger partial charge >= 0.3 is 0 Å². The second-order valence-electron chi connectivity index (χ2n) is 6.46. The molecule has 1 atom stereocenters. The Hall–Kier alpha value is -3.00. The number of rotatable bonds is 5. The minimum absolute atomic E-state index is 0.0206. The third-order valence-electron chi connectivity index (χ3n) is 4.38. The van der Waals surface area contributed by atoms with Crippen molar-refractivity contribution in [3.05, 3.63) is 58.3 Å². The Morgan fingerprint density at radius 3 is 2.50 bits per heavy atom. The number of carbonyl (C=O) groups excluding carboxylic acids is 1. The van der Waals surface area contributed by atoms with Crippen LogP contribution < -0.4 is 16.6 Å². The molecule has 0 bridgehead atoms. The van der Waals surface area contributed by atoms with Crippen LogP contribution in [0, 0.1) is 13.8 Å². The Bertz CT molecular complexity index is 1070. The second kappa shape index (κ2) is 7.93. The Morgan fingerprint density at radius 2 is 1.93 bits per heavy atom. The van der Waals surface area contributed by atoms with Gasteiger partial charge in [-0.3, -0.25) is 9.59 Å². The van der Waals surface area contributed by atoms with Gasteiger partial charge in [0.25, 0.3) is 5.56 Å². The summed E-state index contributed by atoms with van der Waals surface area (Å²) in [7, 11) is 0. The maximum Gasteiger partial charge on any atom is 0.290 e. The first-order valence-electron chi connectivity index (χ1n) is 8.72. The number of carbonyl (C=O) groups is 1. The minimum Gasteiger partial charge on any atom is -0.466 e. The van der Waals surface area contributed by atoms with Crippen LogP contribution in [0.15, 0.2) is 50.5 Å². The molecule has 3 rings (SSSR count). The second-order valence-corrected chi connectivity index (χ2v) is 7.33. The highest BCUT2D eigenvalue weighted by atomic mass is 32.2. The lowest BCUT2D eigenvalue weighted by Crippen LogP contribution is -2.34.